The summed E-state index contributed by atoms with van der Waals surface area (Å²) in [5.74, 6) is -0.538. The third-order valence-electron chi connectivity index (χ3n) is 4.30. The summed E-state index contributed by atoms with van der Waals surface area (Å²) in [5, 5.41) is 6.75. The summed E-state index contributed by atoms with van der Waals surface area (Å²) in [5.41, 5.74) is 3.03. The van der Waals surface area contributed by atoms with E-state index in [1.165, 1.54) is 18.3 Å². The normalized spacial score (nSPS) is 11.9. The molecule has 10 heteroatoms. The van der Waals surface area contributed by atoms with Crippen molar-refractivity contribution in [1.82, 2.24) is 5.16 Å². The minimum Gasteiger partial charge on any atom is -0.336 e. The van der Waals surface area contributed by atoms with E-state index in [2.05, 4.69) is 15.2 Å². The van der Waals surface area contributed by atoms with Crippen LogP contribution in [0.3, 0.4) is 0 Å². The SMILES string of the molecule is CC(=O)c1cc(C)cc(C)c1NC(=O)c1sc(C)cc1S(=O)Nc1onc(C)c1Cl. The molecule has 0 bridgehead atoms. The number of ketones is 1. The van der Waals surface area contributed by atoms with Crippen molar-refractivity contribution in [3.63, 3.8) is 0 Å². The quantitative estimate of drug-likeness (QED) is 0.486. The number of aryl methyl sites for hydroxylation is 4. The molecule has 1 atom stereocenters. The Morgan fingerprint density at radius 2 is 1.87 bits per heavy atom. The number of benzene rings is 1. The molecule has 0 aliphatic rings. The summed E-state index contributed by atoms with van der Waals surface area (Å²) >= 11 is 7.27. The number of carbonyl (C=O) groups excluding carboxylic acids is 2. The van der Waals surface area contributed by atoms with E-state index < -0.39 is 16.9 Å². The summed E-state index contributed by atoms with van der Waals surface area (Å²) in [4.78, 5) is 26.5. The van der Waals surface area contributed by atoms with E-state index in [1.54, 1.807) is 19.1 Å². The molecule has 1 unspecified atom stereocenters. The number of thiophene rings is 1. The number of carbonyl (C=O) groups is 2. The number of rotatable bonds is 6. The molecule has 2 N–H and O–H groups in total. The number of hydrogen-bond acceptors (Lipinski definition) is 6. The number of Topliss-reactive ketones (excluding diaryl/α,β-unsaturated/α-hetero) is 1. The Hall–Kier alpha value is -2.49. The molecule has 2 aromatic heterocycles. The molecule has 158 valence electrons. The first-order valence-electron chi connectivity index (χ1n) is 8.92. The van der Waals surface area contributed by atoms with Crippen molar-refractivity contribution < 1.29 is 18.3 Å². The van der Waals surface area contributed by atoms with Gasteiger partial charge in [0.05, 0.1) is 10.6 Å². The van der Waals surface area contributed by atoms with Gasteiger partial charge in [-0.15, -0.1) is 11.3 Å². The highest BCUT2D eigenvalue weighted by molar-refractivity contribution is 7.86. The van der Waals surface area contributed by atoms with Gasteiger partial charge in [-0.05, 0) is 57.9 Å². The van der Waals surface area contributed by atoms with Crippen LogP contribution in [0.2, 0.25) is 5.02 Å². The standard InChI is InChI=1S/C20H20ClN3O4S2/c1-9-6-10(2)17(14(7-9)13(5)25)22-19(26)18-15(8-11(3)29-18)30(27)24-20-16(21)12(4)23-28-20/h6-8,24H,1-5H3,(H,22,26). The number of anilines is 2. The van der Waals surface area contributed by atoms with Gasteiger partial charge in [-0.2, -0.15) is 0 Å². The van der Waals surface area contributed by atoms with E-state index in [0.717, 1.165) is 16.0 Å². The fourth-order valence-electron chi connectivity index (χ4n) is 2.93. The van der Waals surface area contributed by atoms with Crippen molar-refractivity contribution >= 4 is 57.2 Å². The monoisotopic (exact) mass is 465 g/mol. The number of amides is 1. The van der Waals surface area contributed by atoms with Crippen molar-refractivity contribution in [3.05, 3.63) is 55.4 Å². The average molecular weight is 466 g/mol. The Balaban J connectivity index is 1.93. The summed E-state index contributed by atoms with van der Waals surface area (Å²) in [6.07, 6.45) is 0. The Morgan fingerprint density at radius 3 is 2.47 bits per heavy atom. The topological polar surface area (TPSA) is 101 Å². The minimum atomic E-state index is -1.81. The van der Waals surface area contributed by atoms with Crippen LogP contribution in [0.25, 0.3) is 0 Å². The Bertz CT molecular complexity index is 1180. The lowest BCUT2D eigenvalue weighted by Gasteiger charge is -2.14. The molecule has 3 aromatic rings. The second-order valence-corrected chi connectivity index (χ2v) is 9.66. The van der Waals surface area contributed by atoms with Crippen molar-refractivity contribution in [3.8, 4) is 0 Å². The van der Waals surface area contributed by atoms with Crippen molar-refractivity contribution in [2.75, 3.05) is 10.0 Å². The highest BCUT2D eigenvalue weighted by Gasteiger charge is 2.24. The van der Waals surface area contributed by atoms with Crippen LogP contribution in [-0.4, -0.2) is 21.1 Å². The summed E-state index contributed by atoms with van der Waals surface area (Å²) < 4.78 is 20.6. The molecule has 0 saturated heterocycles. The number of nitrogens with zero attached hydrogens (tertiary/aromatic N) is 1. The van der Waals surface area contributed by atoms with Gasteiger partial charge >= 0.3 is 0 Å². The fraction of sp³-hybridized carbons (Fsp3) is 0.250. The van der Waals surface area contributed by atoms with Gasteiger partial charge in [0.1, 0.15) is 15.6 Å². The van der Waals surface area contributed by atoms with E-state index in [-0.39, 0.29) is 26.5 Å². The summed E-state index contributed by atoms with van der Waals surface area (Å²) in [6.45, 7) is 8.63. The maximum atomic E-state index is 13.1. The molecule has 0 spiro atoms. The number of halogens is 1. The third-order valence-corrected chi connectivity index (χ3v) is 7.02. The molecule has 0 radical (unpaired) electrons. The van der Waals surface area contributed by atoms with Crippen molar-refractivity contribution in [2.45, 2.75) is 39.5 Å². The van der Waals surface area contributed by atoms with Gasteiger partial charge in [0.2, 0.25) is 0 Å². The van der Waals surface area contributed by atoms with E-state index in [0.29, 0.717) is 16.9 Å². The summed E-state index contributed by atoms with van der Waals surface area (Å²) in [7, 11) is -1.81. The summed E-state index contributed by atoms with van der Waals surface area (Å²) in [6, 6.07) is 5.28. The van der Waals surface area contributed by atoms with Crippen LogP contribution >= 0.6 is 22.9 Å². The number of hydrogen-bond donors (Lipinski definition) is 2. The predicted octanol–water partition coefficient (Wildman–Crippen LogP) is 5.21. The Labute approximate surface area is 185 Å². The molecule has 0 fully saturated rings. The lowest BCUT2D eigenvalue weighted by molar-refractivity contribution is 0.101. The molecule has 0 saturated carbocycles. The maximum absolute atomic E-state index is 13.1. The van der Waals surface area contributed by atoms with Gasteiger partial charge in [0.25, 0.3) is 11.8 Å². The van der Waals surface area contributed by atoms with Gasteiger partial charge in [0, 0.05) is 10.4 Å². The number of nitrogens with one attached hydrogen (secondary N) is 2. The van der Waals surface area contributed by atoms with Crippen LogP contribution < -0.4 is 10.0 Å². The van der Waals surface area contributed by atoms with Crippen molar-refractivity contribution in [2.24, 2.45) is 0 Å². The van der Waals surface area contributed by atoms with Crippen LogP contribution in [0, 0.1) is 27.7 Å². The zero-order chi connectivity index (χ0) is 22.2. The van der Waals surface area contributed by atoms with E-state index in [1.807, 2.05) is 26.8 Å². The van der Waals surface area contributed by atoms with Crippen molar-refractivity contribution in [1.29, 1.82) is 0 Å². The Morgan fingerprint density at radius 1 is 1.17 bits per heavy atom. The van der Waals surface area contributed by atoms with Gasteiger partial charge in [0.15, 0.2) is 16.8 Å². The molecular formula is C20H20ClN3O4S2. The first-order valence-corrected chi connectivity index (χ1v) is 11.3. The second-order valence-electron chi connectivity index (χ2n) is 6.85. The number of aromatic nitrogens is 1. The molecule has 7 nitrogen and oxygen atoms in total. The Kier molecular flexibility index (Phi) is 6.44. The second kappa shape index (κ2) is 8.71. The highest BCUT2D eigenvalue weighted by Crippen LogP contribution is 2.31. The van der Waals surface area contributed by atoms with E-state index >= 15 is 0 Å². The zero-order valence-electron chi connectivity index (χ0n) is 17.0. The van der Waals surface area contributed by atoms with E-state index in [9.17, 15) is 13.8 Å². The molecule has 0 aliphatic heterocycles. The molecule has 0 aliphatic carbocycles. The van der Waals surface area contributed by atoms with Gasteiger partial charge in [-0.1, -0.05) is 22.8 Å². The fourth-order valence-corrected chi connectivity index (χ4v) is 5.29. The van der Waals surface area contributed by atoms with Gasteiger partial charge in [-0.25, -0.2) is 4.21 Å². The molecule has 1 amide bonds. The molecule has 1 aromatic carbocycles. The van der Waals surface area contributed by atoms with Crippen LogP contribution in [-0.2, 0) is 11.0 Å². The van der Waals surface area contributed by atoms with E-state index in [4.69, 9.17) is 16.1 Å². The average Bonchev–Trinajstić information content (AvgIpc) is 3.21. The maximum Gasteiger partial charge on any atom is 0.267 e. The first kappa shape index (κ1) is 22.2. The molecule has 30 heavy (non-hydrogen) atoms. The van der Waals surface area contributed by atoms with Gasteiger partial charge < -0.3 is 9.84 Å². The predicted molar refractivity (Wildman–Crippen MR) is 119 cm³/mol. The van der Waals surface area contributed by atoms with Crippen LogP contribution in [0.4, 0.5) is 11.6 Å². The lowest BCUT2D eigenvalue weighted by Crippen LogP contribution is -2.17. The van der Waals surface area contributed by atoms with Gasteiger partial charge in [-0.3, -0.25) is 14.3 Å². The molecule has 2 heterocycles. The van der Waals surface area contributed by atoms with Crippen LogP contribution in [0.1, 0.15) is 48.7 Å². The largest absolute Gasteiger partial charge is 0.336 e. The first-order chi connectivity index (χ1) is 14.1. The minimum absolute atomic E-state index is 0.0657. The molecular weight excluding hydrogens is 446 g/mol. The molecule has 3 rings (SSSR count). The third kappa shape index (κ3) is 4.48. The van der Waals surface area contributed by atoms with Crippen LogP contribution in [0.5, 0.6) is 0 Å². The smallest absolute Gasteiger partial charge is 0.267 e. The lowest BCUT2D eigenvalue weighted by atomic mass is 10.0. The highest BCUT2D eigenvalue weighted by atomic mass is 35.5. The van der Waals surface area contributed by atoms with Crippen LogP contribution in [0.15, 0.2) is 27.6 Å². The zero-order valence-corrected chi connectivity index (χ0v) is 19.4.